The fourth-order valence-corrected chi connectivity index (χ4v) is 2.82. The molecule has 1 heterocycles. The van der Waals surface area contributed by atoms with E-state index in [4.69, 9.17) is 16.3 Å². The SMILES string of the molecule is COc1ccc(C2Cc3ccc(Cl)c(C)c3N2)cc1F. The lowest BCUT2D eigenvalue weighted by Gasteiger charge is -2.13. The van der Waals surface area contributed by atoms with Gasteiger partial charge in [-0.1, -0.05) is 23.7 Å². The van der Waals surface area contributed by atoms with E-state index in [2.05, 4.69) is 5.32 Å². The number of hydrogen-bond donors (Lipinski definition) is 1. The summed E-state index contributed by atoms with van der Waals surface area (Å²) in [7, 11) is 1.47. The van der Waals surface area contributed by atoms with E-state index in [1.165, 1.54) is 18.7 Å². The highest BCUT2D eigenvalue weighted by Crippen LogP contribution is 2.39. The molecule has 3 rings (SSSR count). The first-order chi connectivity index (χ1) is 9.60. The summed E-state index contributed by atoms with van der Waals surface area (Å²) in [5, 5.41) is 4.18. The zero-order valence-electron chi connectivity index (χ0n) is 11.3. The Balaban J connectivity index is 1.92. The minimum Gasteiger partial charge on any atom is -0.494 e. The molecule has 2 aromatic rings. The lowest BCUT2D eigenvalue weighted by molar-refractivity contribution is 0.386. The van der Waals surface area contributed by atoms with Crippen molar-refractivity contribution >= 4 is 17.3 Å². The molecule has 4 heteroatoms. The zero-order valence-corrected chi connectivity index (χ0v) is 12.1. The van der Waals surface area contributed by atoms with Gasteiger partial charge in [0, 0.05) is 10.7 Å². The molecule has 0 bridgehead atoms. The second-order valence-corrected chi connectivity index (χ2v) is 5.41. The van der Waals surface area contributed by atoms with Crippen LogP contribution >= 0.6 is 11.6 Å². The number of anilines is 1. The molecule has 0 spiro atoms. The van der Waals surface area contributed by atoms with Gasteiger partial charge in [0.1, 0.15) is 0 Å². The van der Waals surface area contributed by atoms with Crippen LogP contribution in [-0.2, 0) is 6.42 Å². The Hall–Kier alpha value is -1.74. The van der Waals surface area contributed by atoms with Crippen LogP contribution in [0.1, 0.15) is 22.7 Å². The molecular weight excluding hydrogens is 277 g/mol. The molecule has 0 amide bonds. The molecule has 104 valence electrons. The van der Waals surface area contributed by atoms with Gasteiger partial charge in [-0.15, -0.1) is 0 Å². The Bertz CT molecular complexity index is 672. The van der Waals surface area contributed by atoms with Gasteiger partial charge in [-0.2, -0.15) is 0 Å². The van der Waals surface area contributed by atoms with E-state index in [1.807, 2.05) is 25.1 Å². The Morgan fingerprint density at radius 2 is 2.10 bits per heavy atom. The van der Waals surface area contributed by atoms with Crippen molar-refractivity contribution in [3.63, 3.8) is 0 Å². The molecule has 0 saturated carbocycles. The number of nitrogens with one attached hydrogen (secondary N) is 1. The number of hydrogen-bond acceptors (Lipinski definition) is 2. The molecule has 0 aliphatic carbocycles. The number of rotatable bonds is 2. The Kier molecular flexibility index (Phi) is 3.30. The molecule has 1 unspecified atom stereocenters. The number of ether oxygens (including phenoxy) is 1. The van der Waals surface area contributed by atoms with Gasteiger partial charge in [0.15, 0.2) is 11.6 Å². The quantitative estimate of drug-likeness (QED) is 0.879. The number of fused-ring (bicyclic) bond motifs is 1. The molecule has 1 N–H and O–H groups in total. The summed E-state index contributed by atoms with van der Waals surface area (Å²) in [5.41, 5.74) is 4.24. The Morgan fingerprint density at radius 3 is 2.80 bits per heavy atom. The standard InChI is InChI=1S/C16H15ClFNO/c1-9-12(17)5-3-11-8-14(19-16(9)11)10-4-6-15(20-2)13(18)7-10/h3-7,14,19H,8H2,1-2H3. The fraction of sp³-hybridized carbons (Fsp3) is 0.250. The molecule has 0 saturated heterocycles. The molecule has 0 aromatic heterocycles. The maximum Gasteiger partial charge on any atom is 0.165 e. The van der Waals surface area contributed by atoms with E-state index in [0.29, 0.717) is 0 Å². The third-order valence-corrected chi connectivity index (χ3v) is 4.22. The monoisotopic (exact) mass is 291 g/mol. The van der Waals surface area contributed by atoms with Gasteiger partial charge in [0.25, 0.3) is 0 Å². The van der Waals surface area contributed by atoms with Crippen molar-refractivity contribution in [3.8, 4) is 5.75 Å². The van der Waals surface area contributed by atoms with Crippen LogP contribution in [0, 0.1) is 12.7 Å². The van der Waals surface area contributed by atoms with Crippen LogP contribution in [0.3, 0.4) is 0 Å². The minimum absolute atomic E-state index is 0.0718. The normalized spacial score (nSPS) is 16.7. The summed E-state index contributed by atoms with van der Waals surface area (Å²) in [6.07, 6.45) is 0.832. The third kappa shape index (κ3) is 2.12. The van der Waals surface area contributed by atoms with Crippen LogP contribution in [0.25, 0.3) is 0 Å². The molecule has 2 aromatic carbocycles. The van der Waals surface area contributed by atoms with Crippen molar-refractivity contribution in [3.05, 3.63) is 57.9 Å². The highest BCUT2D eigenvalue weighted by Gasteiger charge is 2.24. The second kappa shape index (κ2) is 4.98. The lowest BCUT2D eigenvalue weighted by Crippen LogP contribution is -2.06. The first kappa shape index (κ1) is 13.3. The van der Waals surface area contributed by atoms with Crippen molar-refractivity contribution in [2.45, 2.75) is 19.4 Å². The maximum absolute atomic E-state index is 13.8. The van der Waals surface area contributed by atoms with Gasteiger partial charge in [0.2, 0.25) is 0 Å². The fourth-order valence-electron chi connectivity index (χ4n) is 2.66. The summed E-state index contributed by atoms with van der Waals surface area (Å²) in [6.45, 7) is 1.99. The predicted octanol–water partition coefficient (Wildman–Crippen LogP) is 4.51. The van der Waals surface area contributed by atoms with Crippen molar-refractivity contribution in [2.75, 3.05) is 12.4 Å². The Labute approximate surface area is 122 Å². The summed E-state index contributed by atoms with van der Waals surface area (Å²) in [6, 6.07) is 9.09. The van der Waals surface area contributed by atoms with Crippen molar-refractivity contribution in [2.24, 2.45) is 0 Å². The van der Waals surface area contributed by atoms with Gasteiger partial charge in [-0.25, -0.2) is 4.39 Å². The lowest BCUT2D eigenvalue weighted by atomic mass is 10.0. The topological polar surface area (TPSA) is 21.3 Å². The first-order valence-electron chi connectivity index (χ1n) is 6.48. The summed E-state index contributed by atoms with van der Waals surface area (Å²) in [4.78, 5) is 0. The smallest absolute Gasteiger partial charge is 0.165 e. The minimum atomic E-state index is -0.336. The van der Waals surface area contributed by atoms with Gasteiger partial charge in [0.05, 0.1) is 13.2 Å². The molecule has 1 aliphatic rings. The number of benzene rings is 2. The van der Waals surface area contributed by atoms with Crippen molar-refractivity contribution < 1.29 is 9.13 Å². The predicted molar refractivity (Wildman–Crippen MR) is 79.2 cm³/mol. The highest BCUT2D eigenvalue weighted by molar-refractivity contribution is 6.31. The van der Waals surface area contributed by atoms with Crippen LogP contribution in [0.4, 0.5) is 10.1 Å². The second-order valence-electron chi connectivity index (χ2n) is 5.00. The molecule has 20 heavy (non-hydrogen) atoms. The first-order valence-corrected chi connectivity index (χ1v) is 6.86. The Morgan fingerprint density at radius 1 is 1.30 bits per heavy atom. The van der Waals surface area contributed by atoms with Crippen molar-refractivity contribution in [1.82, 2.24) is 0 Å². The van der Waals surface area contributed by atoms with Crippen molar-refractivity contribution in [1.29, 1.82) is 0 Å². The van der Waals surface area contributed by atoms with E-state index in [9.17, 15) is 4.39 Å². The van der Waals surface area contributed by atoms with Gasteiger partial charge in [-0.3, -0.25) is 0 Å². The van der Waals surface area contributed by atoms with Gasteiger partial charge in [-0.05, 0) is 48.2 Å². The molecular formula is C16H15ClFNO. The average Bonchev–Trinajstić information content (AvgIpc) is 2.88. The van der Waals surface area contributed by atoms with E-state index in [1.54, 1.807) is 6.07 Å². The van der Waals surface area contributed by atoms with Crippen LogP contribution < -0.4 is 10.1 Å². The van der Waals surface area contributed by atoms with Crippen LogP contribution in [0.5, 0.6) is 5.75 Å². The van der Waals surface area contributed by atoms with Crippen LogP contribution in [0.15, 0.2) is 30.3 Å². The van der Waals surface area contributed by atoms with E-state index < -0.39 is 0 Å². The van der Waals surface area contributed by atoms with E-state index in [0.717, 1.165) is 28.3 Å². The summed E-state index contributed by atoms with van der Waals surface area (Å²) >= 11 is 6.13. The van der Waals surface area contributed by atoms with Gasteiger partial charge < -0.3 is 10.1 Å². The van der Waals surface area contributed by atoms with Crippen LogP contribution in [-0.4, -0.2) is 7.11 Å². The van der Waals surface area contributed by atoms with E-state index >= 15 is 0 Å². The summed E-state index contributed by atoms with van der Waals surface area (Å²) < 4.78 is 18.7. The van der Waals surface area contributed by atoms with Gasteiger partial charge >= 0.3 is 0 Å². The molecule has 0 fully saturated rings. The largest absolute Gasteiger partial charge is 0.494 e. The molecule has 1 atom stereocenters. The average molecular weight is 292 g/mol. The third-order valence-electron chi connectivity index (χ3n) is 3.81. The molecule has 0 radical (unpaired) electrons. The van der Waals surface area contributed by atoms with E-state index in [-0.39, 0.29) is 17.6 Å². The maximum atomic E-state index is 13.8. The summed E-state index contributed by atoms with van der Waals surface area (Å²) in [5.74, 6) is -0.0685. The molecule has 2 nitrogen and oxygen atoms in total. The number of halogens is 2. The molecule has 1 aliphatic heterocycles. The highest BCUT2D eigenvalue weighted by atomic mass is 35.5. The van der Waals surface area contributed by atoms with Crippen LogP contribution in [0.2, 0.25) is 5.02 Å². The zero-order chi connectivity index (χ0) is 14.3. The number of methoxy groups -OCH3 is 1.